The molecule has 8 heteroatoms. The number of carbonyl (C=O) groups excluding carboxylic acids is 1. The van der Waals surface area contributed by atoms with Crippen molar-refractivity contribution >= 4 is 33.3 Å². The number of aromatic carboxylic acids is 1. The number of rotatable bonds is 4. The maximum absolute atomic E-state index is 12.1. The van der Waals surface area contributed by atoms with Gasteiger partial charge < -0.3 is 9.90 Å². The Bertz CT molecular complexity index is 762. The first kappa shape index (κ1) is 14.3. The molecule has 0 saturated carbocycles. The lowest BCUT2D eigenvalue weighted by atomic mass is 10.2. The van der Waals surface area contributed by atoms with E-state index in [1.54, 1.807) is 0 Å². The van der Waals surface area contributed by atoms with Crippen LogP contribution in [0.5, 0.6) is 0 Å². The van der Waals surface area contributed by atoms with Crippen LogP contribution in [0.2, 0.25) is 5.02 Å². The van der Waals surface area contributed by atoms with Gasteiger partial charge in [-0.3, -0.25) is 9.71 Å². The van der Waals surface area contributed by atoms with Crippen LogP contribution in [-0.2, 0) is 10.0 Å². The van der Waals surface area contributed by atoms with Gasteiger partial charge in [-0.05, 0) is 23.8 Å². The lowest BCUT2D eigenvalue weighted by Crippen LogP contribution is -2.23. The summed E-state index contributed by atoms with van der Waals surface area (Å²) < 4.78 is 26.5. The number of pyridine rings is 1. The fourth-order valence-electron chi connectivity index (χ4n) is 1.45. The molecule has 0 spiro atoms. The first-order chi connectivity index (χ1) is 9.40. The molecule has 1 aromatic carbocycles. The van der Waals surface area contributed by atoms with Crippen LogP contribution in [0.4, 0.5) is 5.69 Å². The normalized spacial score (nSPS) is 11.1. The summed E-state index contributed by atoms with van der Waals surface area (Å²) in [5.41, 5.74) is -0.0748. The number of aromatic nitrogens is 1. The van der Waals surface area contributed by atoms with Crippen LogP contribution in [0, 0.1) is 0 Å². The molecular weight excluding hydrogens is 304 g/mol. The summed E-state index contributed by atoms with van der Waals surface area (Å²) in [6, 6.07) is 6.22. The first-order valence-electron chi connectivity index (χ1n) is 5.34. The number of anilines is 1. The average Bonchev–Trinajstić information content (AvgIpc) is 2.41. The number of hydrogen-bond donors (Lipinski definition) is 1. The van der Waals surface area contributed by atoms with E-state index in [-0.39, 0.29) is 21.2 Å². The second-order valence-corrected chi connectivity index (χ2v) is 5.87. The molecule has 104 valence electrons. The zero-order chi connectivity index (χ0) is 14.8. The van der Waals surface area contributed by atoms with E-state index in [1.165, 1.54) is 36.7 Å². The number of carboxylic acid groups (broad SMARTS) is 1. The first-order valence-corrected chi connectivity index (χ1v) is 7.20. The minimum atomic E-state index is -3.95. The van der Waals surface area contributed by atoms with Crippen LogP contribution in [0.3, 0.4) is 0 Å². The van der Waals surface area contributed by atoms with E-state index in [1.807, 2.05) is 0 Å². The van der Waals surface area contributed by atoms with Gasteiger partial charge in [0, 0.05) is 12.4 Å². The summed E-state index contributed by atoms with van der Waals surface area (Å²) in [6.45, 7) is 0. The second kappa shape index (κ2) is 5.48. The number of benzene rings is 1. The van der Waals surface area contributed by atoms with Gasteiger partial charge in [-0.1, -0.05) is 23.7 Å². The van der Waals surface area contributed by atoms with Gasteiger partial charge in [-0.25, -0.2) is 8.42 Å². The van der Waals surface area contributed by atoms with Crippen molar-refractivity contribution in [3.63, 3.8) is 0 Å². The standard InChI is InChI=1S/C12H9ClN2O4S/c13-10-7-14-5-4-11(10)15-20(18,19)9-3-1-2-8(6-9)12(16)17/h1-7H,(H,14,15)(H,16,17)/p-1. The van der Waals surface area contributed by atoms with Gasteiger partial charge in [0.2, 0.25) is 0 Å². The molecule has 6 nitrogen and oxygen atoms in total. The molecule has 1 aromatic heterocycles. The molecule has 2 aromatic rings. The third kappa shape index (κ3) is 3.06. The lowest BCUT2D eigenvalue weighted by Gasteiger charge is -2.10. The average molecular weight is 312 g/mol. The molecular formula is C12H8ClN2O4S-. The van der Waals surface area contributed by atoms with E-state index in [0.717, 1.165) is 6.07 Å². The summed E-state index contributed by atoms with van der Waals surface area (Å²) in [6.07, 6.45) is 2.67. The third-order valence-electron chi connectivity index (χ3n) is 2.40. The molecule has 20 heavy (non-hydrogen) atoms. The van der Waals surface area contributed by atoms with Gasteiger partial charge in [0.15, 0.2) is 0 Å². The molecule has 0 aliphatic rings. The molecule has 0 amide bonds. The van der Waals surface area contributed by atoms with Gasteiger partial charge in [0.25, 0.3) is 10.0 Å². The molecule has 1 heterocycles. The highest BCUT2D eigenvalue weighted by Crippen LogP contribution is 2.23. The molecule has 0 radical (unpaired) electrons. The topological polar surface area (TPSA) is 99.2 Å². The monoisotopic (exact) mass is 311 g/mol. The van der Waals surface area contributed by atoms with E-state index < -0.39 is 16.0 Å². The largest absolute Gasteiger partial charge is 0.545 e. The van der Waals surface area contributed by atoms with Crippen LogP contribution < -0.4 is 9.83 Å². The molecule has 2 rings (SSSR count). The van der Waals surface area contributed by atoms with Crippen molar-refractivity contribution in [3.8, 4) is 0 Å². The molecule has 0 bridgehead atoms. The Labute approximate surface area is 120 Å². The van der Waals surface area contributed by atoms with E-state index >= 15 is 0 Å². The molecule has 0 aliphatic heterocycles. The Morgan fingerprint density at radius 2 is 2.05 bits per heavy atom. The highest BCUT2D eigenvalue weighted by molar-refractivity contribution is 7.92. The Kier molecular flexibility index (Phi) is 3.91. The van der Waals surface area contributed by atoms with E-state index in [9.17, 15) is 18.3 Å². The Hall–Kier alpha value is -2.12. The summed E-state index contributed by atoms with van der Waals surface area (Å²) >= 11 is 5.81. The number of carboxylic acids is 1. The van der Waals surface area contributed by atoms with Crippen molar-refractivity contribution in [3.05, 3.63) is 53.3 Å². The fraction of sp³-hybridized carbons (Fsp3) is 0. The quantitative estimate of drug-likeness (QED) is 0.904. The number of carbonyl (C=O) groups is 1. The molecule has 0 saturated heterocycles. The minimum absolute atomic E-state index is 0.132. The lowest BCUT2D eigenvalue weighted by molar-refractivity contribution is -0.255. The summed E-state index contributed by atoms with van der Waals surface area (Å²) in [5.74, 6) is -1.45. The van der Waals surface area contributed by atoms with Gasteiger partial charge in [0.1, 0.15) is 0 Å². The third-order valence-corrected chi connectivity index (χ3v) is 4.06. The van der Waals surface area contributed by atoms with Gasteiger partial charge in [-0.2, -0.15) is 0 Å². The number of nitrogens with zero attached hydrogens (tertiary/aromatic N) is 1. The zero-order valence-corrected chi connectivity index (χ0v) is 11.5. The summed E-state index contributed by atoms with van der Waals surface area (Å²) in [5, 5.41) is 10.9. The van der Waals surface area contributed by atoms with Gasteiger partial charge in [0.05, 0.1) is 21.6 Å². The Morgan fingerprint density at radius 1 is 1.30 bits per heavy atom. The number of sulfonamides is 1. The van der Waals surface area contributed by atoms with Crippen LogP contribution >= 0.6 is 11.6 Å². The van der Waals surface area contributed by atoms with E-state index in [0.29, 0.717) is 0 Å². The highest BCUT2D eigenvalue weighted by atomic mass is 35.5. The van der Waals surface area contributed by atoms with Crippen molar-refractivity contribution in [1.29, 1.82) is 0 Å². The van der Waals surface area contributed by atoms with Crippen LogP contribution in [0.1, 0.15) is 10.4 Å². The Balaban J connectivity index is 2.38. The van der Waals surface area contributed by atoms with Crippen LogP contribution in [-0.4, -0.2) is 19.4 Å². The summed E-state index contributed by atoms with van der Waals surface area (Å²) in [7, 11) is -3.95. The molecule has 0 atom stereocenters. The number of halogens is 1. The molecule has 0 unspecified atom stereocenters. The van der Waals surface area contributed by atoms with Gasteiger partial charge in [-0.15, -0.1) is 0 Å². The van der Waals surface area contributed by atoms with Gasteiger partial charge >= 0.3 is 0 Å². The Morgan fingerprint density at radius 3 is 2.70 bits per heavy atom. The second-order valence-electron chi connectivity index (χ2n) is 3.78. The number of nitrogens with one attached hydrogen (secondary N) is 1. The highest BCUT2D eigenvalue weighted by Gasteiger charge is 2.16. The maximum atomic E-state index is 12.1. The van der Waals surface area contributed by atoms with Crippen LogP contribution in [0.25, 0.3) is 0 Å². The zero-order valence-electron chi connectivity index (χ0n) is 9.91. The van der Waals surface area contributed by atoms with E-state index in [4.69, 9.17) is 11.6 Å². The SMILES string of the molecule is O=C([O-])c1cccc(S(=O)(=O)Nc2ccncc2Cl)c1. The predicted octanol–water partition coefficient (Wildman–Crippen LogP) is 0.899. The van der Waals surface area contributed by atoms with Crippen LogP contribution in [0.15, 0.2) is 47.6 Å². The molecule has 1 N–H and O–H groups in total. The molecule has 0 aliphatic carbocycles. The van der Waals surface area contributed by atoms with Crippen molar-refractivity contribution in [2.75, 3.05) is 4.72 Å². The van der Waals surface area contributed by atoms with Crippen molar-refractivity contribution in [2.24, 2.45) is 0 Å². The number of hydrogen-bond acceptors (Lipinski definition) is 5. The maximum Gasteiger partial charge on any atom is 0.261 e. The van der Waals surface area contributed by atoms with Crippen molar-refractivity contribution in [2.45, 2.75) is 4.90 Å². The van der Waals surface area contributed by atoms with Crippen molar-refractivity contribution in [1.82, 2.24) is 4.98 Å². The van der Waals surface area contributed by atoms with Crippen molar-refractivity contribution < 1.29 is 18.3 Å². The smallest absolute Gasteiger partial charge is 0.261 e. The van der Waals surface area contributed by atoms with E-state index in [2.05, 4.69) is 9.71 Å². The fourth-order valence-corrected chi connectivity index (χ4v) is 2.80. The predicted molar refractivity (Wildman–Crippen MR) is 70.8 cm³/mol. The minimum Gasteiger partial charge on any atom is -0.545 e. The summed E-state index contributed by atoms with van der Waals surface area (Å²) in [4.78, 5) is 14.3. The molecule has 0 fully saturated rings.